The summed E-state index contributed by atoms with van der Waals surface area (Å²) in [5.74, 6) is -2.75. The minimum atomic E-state index is -1.13. The first-order chi connectivity index (χ1) is 9.73. The zero-order valence-electron chi connectivity index (χ0n) is 11.7. The minimum absolute atomic E-state index is 0.107. The molecule has 116 valence electrons. The van der Waals surface area contributed by atoms with Gasteiger partial charge in [-0.2, -0.15) is 0 Å². The third kappa shape index (κ3) is 3.51. The summed E-state index contributed by atoms with van der Waals surface area (Å²) >= 11 is 5.82. The second-order valence-electron chi connectivity index (χ2n) is 5.61. The number of halogens is 3. The van der Waals surface area contributed by atoms with E-state index in [1.54, 1.807) is 13.8 Å². The van der Waals surface area contributed by atoms with Gasteiger partial charge in [-0.1, -0.05) is 11.6 Å². The molecule has 1 unspecified atom stereocenters. The van der Waals surface area contributed by atoms with E-state index in [9.17, 15) is 18.7 Å². The molecular weight excluding hydrogens is 304 g/mol. The van der Waals surface area contributed by atoms with Crippen molar-refractivity contribution in [1.29, 1.82) is 0 Å². The van der Waals surface area contributed by atoms with Gasteiger partial charge >= 0.3 is 0 Å². The maximum atomic E-state index is 13.3. The molecule has 2 rings (SSSR count). The second kappa shape index (κ2) is 5.87. The summed E-state index contributed by atoms with van der Waals surface area (Å²) < 4.78 is 32.0. The number of hydrogen-bond acceptors (Lipinski definition) is 3. The quantitative estimate of drug-likeness (QED) is 0.851. The number of morpholine rings is 1. The van der Waals surface area contributed by atoms with E-state index < -0.39 is 29.2 Å². The van der Waals surface area contributed by atoms with Crippen LogP contribution in [0.5, 0.6) is 0 Å². The summed E-state index contributed by atoms with van der Waals surface area (Å²) in [4.78, 5) is 13.9. The Morgan fingerprint density at radius 3 is 2.71 bits per heavy atom. The topological polar surface area (TPSA) is 49.8 Å². The standard InChI is InChI=1S/C14H16ClF2NO3/c1-14(2)7-18(5-8(6-19)21-14)13(20)9-3-11(16)12(17)4-10(9)15/h3-4,8,19H,5-7H2,1-2H3. The summed E-state index contributed by atoms with van der Waals surface area (Å²) in [5.41, 5.74) is -0.753. The summed E-state index contributed by atoms with van der Waals surface area (Å²) in [6.07, 6.45) is -0.526. The van der Waals surface area contributed by atoms with Crippen molar-refractivity contribution in [3.05, 3.63) is 34.4 Å². The van der Waals surface area contributed by atoms with Crippen molar-refractivity contribution < 1.29 is 23.4 Å². The molecule has 1 fully saturated rings. The van der Waals surface area contributed by atoms with E-state index in [1.807, 2.05) is 0 Å². The van der Waals surface area contributed by atoms with Gasteiger partial charge in [0.05, 0.1) is 28.9 Å². The van der Waals surface area contributed by atoms with Crippen LogP contribution in [0, 0.1) is 11.6 Å². The Kier molecular flexibility index (Phi) is 4.51. The van der Waals surface area contributed by atoms with Gasteiger partial charge in [0.15, 0.2) is 11.6 Å². The van der Waals surface area contributed by atoms with Crippen molar-refractivity contribution >= 4 is 17.5 Å². The maximum absolute atomic E-state index is 13.3. The Hall–Kier alpha value is -1.24. The third-order valence-electron chi connectivity index (χ3n) is 3.21. The van der Waals surface area contributed by atoms with E-state index in [0.29, 0.717) is 0 Å². The molecule has 1 amide bonds. The molecule has 21 heavy (non-hydrogen) atoms. The largest absolute Gasteiger partial charge is 0.394 e. The highest BCUT2D eigenvalue weighted by Crippen LogP contribution is 2.26. The summed E-state index contributed by atoms with van der Waals surface area (Å²) in [7, 11) is 0. The van der Waals surface area contributed by atoms with Crippen molar-refractivity contribution in [3.8, 4) is 0 Å². The number of aliphatic hydroxyl groups is 1. The molecule has 1 heterocycles. The number of nitrogens with zero attached hydrogens (tertiary/aromatic N) is 1. The SMILES string of the molecule is CC1(C)CN(C(=O)c2cc(F)c(F)cc2Cl)CC(CO)O1. The Balaban J connectivity index is 2.29. The third-order valence-corrected chi connectivity index (χ3v) is 3.53. The van der Waals surface area contributed by atoms with E-state index in [4.69, 9.17) is 16.3 Å². The molecule has 0 saturated carbocycles. The van der Waals surface area contributed by atoms with Crippen LogP contribution in [0.2, 0.25) is 5.02 Å². The van der Waals surface area contributed by atoms with Crippen molar-refractivity contribution in [2.24, 2.45) is 0 Å². The van der Waals surface area contributed by atoms with Crippen LogP contribution in [0.1, 0.15) is 24.2 Å². The van der Waals surface area contributed by atoms with Gasteiger partial charge in [-0.25, -0.2) is 8.78 Å². The van der Waals surface area contributed by atoms with Crippen LogP contribution >= 0.6 is 11.6 Å². The minimum Gasteiger partial charge on any atom is -0.394 e. The molecular formula is C14H16ClF2NO3. The number of amides is 1. The van der Waals surface area contributed by atoms with E-state index in [2.05, 4.69) is 0 Å². The van der Waals surface area contributed by atoms with Gasteiger partial charge in [-0.15, -0.1) is 0 Å². The van der Waals surface area contributed by atoms with E-state index in [0.717, 1.165) is 12.1 Å². The van der Waals surface area contributed by atoms with Crippen LogP contribution in [0.15, 0.2) is 12.1 Å². The second-order valence-corrected chi connectivity index (χ2v) is 6.02. The number of benzene rings is 1. The molecule has 4 nitrogen and oxygen atoms in total. The number of aliphatic hydroxyl groups excluding tert-OH is 1. The fourth-order valence-corrected chi connectivity index (χ4v) is 2.63. The molecule has 7 heteroatoms. The van der Waals surface area contributed by atoms with E-state index in [-0.39, 0.29) is 30.3 Å². The predicted octanol–water partition coefficient (Wildman–Crippen LogP) is 2.23. The molecule has 1 atom stereocenters. The Labute approximate surface area is 126 Å². The molecule has 1 N–H and O–H groups in total. The van der Waals surface area contributed by atoms with Gasteiger partial charge in [0.1, 0.15) is 0 Å². The number of ether oxygens (including phenoxy) is 1. The van der Waals surface area contributed by atoms with Crippen LogP contribution in [-0.2, 0) is 4.74 Å². The number of carbonyl (C=O) groups excluding carboxylic acids is 1. The van der Waals surface area contributed by atoms with Gasteiger partial charge < -0.3 is 14.7 Å². The van der Waals surface area contributed by atoms with Crippen molar-refractivity contribution in [2.45, 2.75) is 25.6 Å². The summed E-state index contributed by atoms with van der Waals surface area (Å²) in [6.45, 7) is 3.74. The van der Waals surface area contributed by atoms with Crippen LogP contribution in [0.3, 0.4) is 0 Å². The summed E-state index contributed by atoms with van der Waals surface area (Å²) in [5, 5.41) is 9.08. The van der Waals surface area contributed by atoms with Crippen LogP contribution in [-0.4, -0.2) is 47.3 Å². The zero-order valence-corrected chi connectivity index (χ0v) is 12.5. The van der Waals surface area contributed by atoms with Gasteiger partial charge in [0.25, 0.3) is 5.91 Å². The molecule has 1 aliphatic heterocycles. The normalized spacial score (nSPS) is 21.4. The highest BCUT2D eigenvalue weighted by molar-refractivity contribution is 6.33. The van der Waals surface area contributed by atoms with Crippen molar-refractivity contribution in [2.75, 3.05) is 19.7 Å². The van der Waals surface area contributed by atoms with Gasteiger partial charge in [-0.3, -0.25) is 4.79 Å². The molecule has 0 spiro atoms. The molecule has 0 bridgehead atoms. The average molecular weight is 320 g/mol. The lowest BCUT2D eigenvalue weighted by Crippen LogP contribution is -2.55. The molecule has 1 aliphatic rings. The maximum Gasteiger partial charge on any atom is 0.255 e. The lowest BCUT2D eigenvalue weighted by Gasteiger charge is -2.42. The molecule has 1 aromatic carbocycles. The Bertz CT molecular complexity index is 565. The first kappa shape index (κ1) is 16.1. The molecule has 0 aromatic heterocycles. The number of hydrogen-bond donors (Lipinski definition) is 1. The highest BCUT2D eigenvalue weighted by atomic mass is 35.5. The van der Waals surface area contributed by atoms with E-state index in [1.165, 1.54) is 4.90 Å². The highest BCUT2D eigenvalue weighted by Gasteiger charge is 2.36. The lowest BCUT2D eigenvalue weighted by atomic mass is 10.0. The predicted molar refractivity (Wildman–Crippen MR) is 73.3 cm³/mol. The van der Waals surface area contributed by atoms with Crippen LogP contribution < -0.4 is 0 Å². The van der Waals surface area contributed by atoms with Gasteiger partial charge in [0.2, 0.25) is 0 Å². The van der Waals surface area contributed by atoms with Crippen LogP contribution in [0.4, 0.5) is 8.78 Å². The number of rotatable bonds is 2. The molecule has 1 aromatic rings. The average Bonchev–Trinajstić information content (AvgIpc) is 2.40. The van der Waals surface area contributed by atoms with Crippen molar-refractivity contribution in [1.82, 2.24) is 4.90 Å². The fraction of sp³-hybridized carbons (Fsp3) is 0.500. The monoisotopic (exact) mass is 319 g/mol. The first-order valence-electron chi connectivity index (χ1n) is 6.46. The zero-order chi connectivity index (χ0) is 15.8. The Morgan fingerprint density at radius 2 is 2.10 bits per heavy atom. The summed E-state index contributed by atoms with van der Waals surface area (Å²) in [6, 6.07) is 1.57. The molecule has 0 aliphatic carbocycles. The first-order valence-corrected chi connectivity index (χ1v) is 6.84. The van der Waals surface area contributed by atoms with Crippen LogP contribution in [0.25, 0.3) is 0 Å². The molecule has 0 radical (unpaired) electrons. The van der Waals surface area contributed by atoms with Crippen molar-refractivity contribution in [3.63, 3.8) is 0 Å². The Morgan fingerprint density at radius 1 is 1.48 bits per heavy atom. The van der Waals surface area contributed by atoms with Gasteiger partial charge in [0, 0.05) is 13.1 Å². The van der Waals surface area contributed by atoms with E-state index >= 15 is 0 Å². The molecule has 1 saturated heterocycles. The fourth-order valence-electron chi connectivity index (χ4n) is 2.40. The smallest absolute Gasteiger partial charge is 0.255 e. The van der Waals surface area contributed by atoms with Gasteiger partial charge in [-0.05, 0) is 26.0 Å². The lowest BCUT2D eigenvalue weighted by molar-refractivity contribution is -0.139. The number of carbonyl (C=O) groups is 1.